The van der Waals surface area contributed by atoms with Crippen LogP contribution < -0.4 is 22.7 Å². The monoisotopic (exact) mass is 252 g/mol. The Morgan fingerprint density at radius 1 is 1.23 bits per heavy atom. The van der Waals surface area contributed by atoms with E-state index in [0.29, 0.717) is 13.2 Å². The lowest BCUT2D eigenvalue weighted by atomic mass is 10.4. The van der Waals surface area contributed by atoms with Crippen LogP contribution in [0, 0.1) is 0 Å². The van der Waals surface area contributed by atoms with Gasteiger partial charge in [0.2, 0.25) is 0 Å². The van der Waals surface area contributed by atoms with E-state index in [-0.39, 0.29) is 17.0 Å². The van der Waals surface area contributed by atoms with Crippen LogP contribution in [0.3, 0.4) is 0 Å². The SMILES string of the molecule is C[N+]1(CCOCCN)CCCC1.[Br-]. The zero-order valence-corrected chi connectivity index (χ0v) is 10.1. The Morgan fingerprint density at radius 2 is 1.85 bits per heavy atom. The predicted octanol–water partition coefficient (Wildman–Crippen LogP) is -2.79. The fourth-order valence-corrected chi connectivity index (χ4v) is 1.79. The van der Waals surface area contributed by atoms with Gasteiger partial charge >= 0.3 is 0 Å². The average molecular weight is 253 g/mol. The minimum Gasteiger partial charge on any atom is -1.00 e. The third-order valence-electron chi connectivity index (χ3n) is 2.68. The fourth-order valence-electron chi connectivity index (χ4n) is 1.79. The van der Waals surface area contributed by atoms with Crippen molar-refractivity contribution in [3.63, 3.8) is 0 Å². The highest BCUT2D eigenvalue weighted by molar-refractivity contribution is 4.51. The number of likely N-dealkylation sites (tertiary alicyclic amines) is 1. The Labute approximate surface area is 91.6 Å². The second-order valence-corrected chi connectivity index (χ2v) is 3.90. The number of hydrogen-bond acceptors (Lipinski definition) is 2. The molecule has 4 heteroatoms. The number of likely N-dealkylation sites (N-methyl/N-ethyl adjacent to an activating group) is 1. The third kappa shape index (κ3) is 4.96. The maximum atomic E-state index is 5.37. The molecule has 1 aliphatic rings. The van der Waals surface area contributed by atoms with E-state index in [1.54, 1.807) is 0 Å². The van der Waals surface area contributed by atoms with Gasteiger partial charge in [-0.25, -0.2) is 0 Å². The molecule has 0 aromatic carbocycles. The van der Waals surface area contributed by atoms with Gasteiger partial charge in [-0.15, -0.1) is 0 Å². The number of hydrogen-bond donors (Lipinski definition) is 1. The van der Waals surface area contributed by atoms with E-state index in [1.807, 2.05) is 0 Å². The molecule has 0 radical (unpaired) electrons. The third-order valence-corrected chi connectivity index (χ3v) is 2.68. The van der Waals surface area contributed by atoms with Gasteiger partial charge in [0.15, 0.2) is 0 Å². The molecule has 1 saturated heterocycles. The lowest BCUT2D eigenvalue weighted by Gasteiger charge is -2.28. The molecule has 1 aliphatic heterocycles. The lowest BCUT2D eigenvalue weighted by molar-refractivity contribution is -0.898. The summed E-state index contributed by atoms with van der Waals surface area (Å²) in [5, 5.41) is 0. The Bertz CT molecular complexity index is 127. The van der Waals surface area contributed by atoms with Gasteiger partial charge in [0, 0.05) is 19.4 Å². The van der Waals surface area contributed by atoms with Gasteiger partial charge in [0.05, 0.1) is 33.4 Å². The van der Waals surface area contributed by atoms with Crippen LogP contribution in [0.2, 0.25) is 0 Å². The second-order valence-electron chi connectivity index (χ2n) is 3.90. The molecule has 0 bridgehead atoms. The first-order valence-corrected chi connectivity index (χ1v) is 4.88. The molecule has 2 N–H and O–H groups in total. The number of halogens is 1. The molecule has 0 spiro atoms. The lowest BCUT2D eigenvalue weighted by Crippen LogP contribution is -3.00. The van der Waals surface area contributed by atoms with Crippen LogP contribution >= 0.6 is 0 Å². The summed E-state index contributed by atoms with van der Waals surface area (Å²) in [6.07, 6.45) is 2.76. The summed E-state index contributed by atoms with van der Waals surface area (Å²) in [5.74, 6) is 0. The number of rotatable bonds is 5. The van der Waals surface area contributed by atoms with Crippen LogP contribution in [0.4, 0.5) is 0 Å². The van der Waals surface area contributed by atoms with E-state index in [4.69, 9.17) is 10.5 Å². The molecule has 0 saturated carbocycles. The van der Waals surface area contributed by atoms with E-state index in [9.17, 15) is 0 Å². The summed E-state index contributed by atoms with van der Waals surface area (Å²) >= 11 is 0. The molecule has 1 rings (SSSR count). The first kappa shape index (κ1) is 13.4. The maximum Gasteiger partial charge on any atom is 0.102 e. The average Bonchev–Trinajstić information content (AvgIpc) is 2.47. The molecule has 80 valence electrons. The van der Waals surface area contributed by atoms with Crippen molar-refractivity contribution in [1.82, 2.24) is 0 Å². The van der Waals surface area contributed by atoms with Gasteiger partial charge in [-0.2, -0.15) is 0 Å². The molecule has 0 aromatic rings. The van der Waals surface area contributed by atoms with Crippen LogP contribution in [0.5, 0.6) is 0 Å². The Kier molecular flexibility index (Phi) is 6.95. The zero-order valence-electron chi connectivity index (χ0n) is 8.47. The fraction of sp³-hybridized carbons (Fsp3) is 1.00. The number of ether oxygens (including phenoxy) is 1. The molecule has 0 unspecified atom stereocenters. The normalized spacial score (nSPS) is 19.8. The molecule has 3 nitrogen and oxygen atoms in total. The van der Waals surface area contributed by atoms with Crippen molar-refractivity contribution >= 4 is 0 Å². The largest absolute Gasteiger partial charge is 1.00 e. The van der Waals surface area contributed by atoms with Crippen LogP contribution in [0.25, 0.3) is 0 Å². The Balaban J connectivity index is 0.00000144. The van der Waals surface area contributed by atoms with Crippen molar-refractivity contribution in [3.8, 4) is 0 Å². The van der Waals surface area contributed by atoms with E-state index in [0.717, 1.165) is 13.2 Å². The van der Waals surface area contributed by atoms with Crippen molar-refractivity contribution < 1.29 is 26.2 Å². The standard InChI is InChI=1S/C9H21N2O.BrH/c1-11(5-2-3-6-11)7-9-12-8-4-10;/h2-10H2,1H3;1H/q+1;/p-1. The Hall–Kier alpha value is 0.360. The zero-order chi connectivity index (χ0) is 8.86. The van der Waals surface area contributed by atoms with Crippen molar-refractivity contribution in [3.05, 3.63) is 0 Å². The highest BCUT2D eigenvalue weighted by Crippen LogP contribution is 2.15. The van der Waals surface area contributed by atoms with Gasteiger partial charge in [-0.05, 0) is 0 Å². The molecule has 0 amide bonds. The van der Waals surface area contributed by atoms with E-state index in [2.05, 4.69) is 7.05 Å². The van der Waals surface area contributed by atoms with Crippen LogP contribution in [0.15, 0.2) is 0 Å². The minimum absolute atomic E-state index is 0. The molecular weight excluding hydrogens is 232 g/mol. The summed E-state index contributed by atoms with van der Waals surface area (Å²) in [7, 11) is 2.32. The second kappa shape index (κ2) is 6.76. The van der Waals surface area contributed by atoms with Gasteiger partial charge in [-0.3, -0.25) is 0 Å². The molecule has 1 heterocycles. The highest BCUT2D eigenvalue weighted by atomic mass is 79.9. The summed E-state index contributed by atoms with van der Waals surface area (Å²) in [6.45, 7) is 6.02. The van der Waals surface area contributed by atoms with Crippen molar-refractivity contribution in [2.45, 2.75) is 12.8 Å². The summed E-state index contributed by atoms with van der Waals surface area (Å²) in [5.41, 5.74) is 5.33. The van der Waals surface area contributed by atoms with Crippen LogP contribution in [-0.4, -0.2) is 50.9 Å². The van der Waals surface area contributed by atoms with E-state index < -0.39 is 0 Å². The van der Waals surface area contributed by atoms with Gasteiger partial charge in [0.25, 0.3) is 0 Å². The van der Waals surface area contributed by atoms with E-state index in [1.165, 1.54) is 30.4 Å². The maximum absolute atomic E-state index is 5.37. The molecular formula is C9H21BrN2O. The van der Waals surface area contributed by atoms with Crippen molar-refractivity contribution in [1.29, 1.82) is 0 Å². The van der Waals surface area contributed by atoms with Crippen LogP contribution in [-0.2, 0) is 4.74 Å². The van der Waals surface area contributed by atoms with Gasteiger partial charge in [0.1, 0.15) is 6.54 Å². The van der Waals surface area contributed by atoms with Gasteiger partial charge < -0.3 is 31.9 Å². The summed E-state index contributed by atoms with van der Waals surface area (Å²) < 4.78 is 6.57. The molecule has 0 aliphatic carbocycles. The number of quaternary nitrogens is 1. The van der Waals surface area contributed by atoms with E-state index >= 15 is 0 Å². The van der Waals surface area contributed by atoms with Crippen molar-refractivity contribution in [2.24, 2.45) is 5.73 Å². The molecule has 0 aromatic heterocycles. The highest BCUT2D eigenvalue weighted by Gasteiger charge is 2.25. The first-order chi connectivity index (χ1) is 5.77. The quantitative estimate of drug-likeness (QED) is 0.424. The molecule has 1 fully saturated rings. The Morgan fingerprint density at radius 3 is 2.38 bits per heavy atom. The number of nitrogens with zero attached hydrogens (tertiary/aromatic N) is 1. The first-order valence-electron chi connectivity index (χ1n) is 4.88. The summed E-state index contributed by atoms with van der Waals surface area (Å²) in [4.78, 5) is 0. The predicted molar refractivity (Wildman–Crippen MR) is 49.9 cm³/mol. The minimum atomic E-state index is 0. The van der Waals surface area contributed by atoms with Gasteiger partial charge in [-0.1, -0.05) is 0 Å². The molecule has 13 heavy (non-hydrogen) atoms. The summed E-state index contributed by atoms with van der Waals surface area (Å²) in [6, 6.07) is 0. The smallest absolute Gasteiger partial charge is 0.102 e. The van der Waals surface area contributed by atoms with Crippen LogP contribution in [0.1, 0.15) is 12.8 Å². The van der Waals surface area contributed by atoms with Crippen molar-refractivity contribution in [2.75, 3.05) is 46.4 Å². The molecule has 0 atom stereocenters. The number of nitrogens with two attached hydrogens (primary N) is 1. The topological polar surface area (TPSA) is 35.2 Å².